The van der Waals surface area contributed by atoms with E-state index >= 15 is 0 Å². The van der Waals surface area contributed by atoms with Crippen LogP contribution in [0.25, 0.3) is 22.2 Å². The number of aromatic nitrogens is 3. The van der Waals surface area contributed by atoms with E-state index in [0.717, 1.165) is 41.4 Å². The minimum absolute atomic E-state index is 0.231. The van der Waals surface area contributed by atoms with Gasteiger partial charge in [-0.05, 0) is 63.3 Å². The van der Waals surface area contributed by atoms with Crippen LogP contribution in [0, 0.1) is 0 Å². The summed E-state index contributed by atoms with van der Waals surface area (Å²) in [5, 5.41) is 6.99. The first-order valence-corrected chi connectivity index (χ1v) is 12.4. The van der Waals surface area contributed by atoms with Crippen molar-refractivity contribution in [2.24, 2.45) is 0 Å². The smallest absolute Gasteiger partial charge is 0.341 e. The van der Waals surface area contributed by atoms with Crippen molar-refractivity contribution in [2.75, 3.05) is 45.5 Å². The number of hydrogen-bond donors (Lipinski definition) is 3. The summed E-state index contributed by atoms with van der Waals surface area (Å²) in [6.07, 6.45) is 6.08. The van der Waals surface area contributed by atoms with Gasteiger partial charge in [0.15, 0.2) is 0 Å². The molecule has 0 bridgehead atoms. The minimum Gasteiger partial charge on any atom is -0.495 e. The van der Waals surface area contributed by atoms with Crippen molar-refractivity contribution in [1.29, 1.82) is 0 Å². The van der Waals surface area contributed by atoms with Gasteiger partial charge in [-0.1, -0.05) is 24.8 Å². The molecule has 0 saturated heterocycles. The highest BCUT2D eigenvalue weighted by molar-refractivity contribution is 6.03. The summed E-state index contributed by atoms with van der Waals surface area (Å²) in [7, 11) is 6.93. The number of para-hydroxylation sites is 1. The van der Waals surface area contributed by atoms with Crippen molar-refractivity contribution in [3.8, 4) is 17.0 Å². The molecule has 39 heavy (non-hydrogen) atoms. The Labute approximate surface area is 227 Å². The van der Waals surface area contributed by atoms with Crippen LogP contribution in [0.3, 0.4) is 0 Å². The van der Waals surface area contributed by atoms with E-state index in [2.05, 4.69) is 32.1 Å². The molecule has 0 aliphatic carbocycles. The van der Waals surface area contributed by atoms with Crippen molar-refractivity contribution >= 4 is 40.1 Å². The highest BCUT2D eigenvalue weighted by Crippen LogP contribution is 2.35. The molecule has 0 radical (unpaired) electrons. The third-order valence-electron chi connectivity index (χ3n) is 6.20. The van der Waals surface area contributed by atoms with E-state index in [-0.39, 0.29) is 17.4 Å². The summed E-state index contributed by atoms with van der Waals surface area (Å²) in [6, 6.07) is 11.4. The van der Waals surface area contributed by atoms with E-state index in [1.54, 1.807) is 19.4 Å². The van der Waals surface area contributed by atoms with E-state index < -0.39 is 5.97 Å². The summed E-state index contributed by atoms with van der Waals surface area (Å²) in [4.78, 5) is 39.2. The van der Waals surface area contributed by atoms with Gasteiger partial charge in [-0.25, -0.2) is 14.8 Å². The highest BCUT2D eigenvalue weighted by atomic mass is 16.5. The molecule has 0 aliphatic rings. The zero-order chi connectivity index (χ0) is 27.9. The van der Waals surface area contributed by atoms with E-state index in [1.165, 1.54) is 19.4 Å². The van der Waals surface area contributed by atoms with Crippen LogP contribution in [0.2, 0.25) is 0 Å². The molecule has 0 aliphatic heterocycles. The van der Waals surface area contributed by atoms with Gasteiger partial charge < -0.3 is 30.0 Å². The van der Waals surface area contributed by atoms with Gasteiger partial charge in [0.2, 0.25) is 11.9 Å². The number of methoxy groups -OCH3 is 2. The van der Waals surface area contributed by atoms with Crippen molar-refractivity contribution in [1.82, 2.24) is 19.9 Å². The van der Waals surface area contributed by atoms with Crippen LogP contribution < -0.4 is 15.4 Å². The van der Waals surface area contributed by atoms with Gasteiger partial charge in [-0.15, -0.1) is 0 Å². The Kier molecular flexibility index (Phi) is 8.57. The lowest BCUT2D eigenvalue weighted by atomic mass is 10.0. The van der Waals surface area contributed by atoms with Crippen molar-refractivity contribution in [3.05, 3.63) is 72.6 Å². The lowest BCUT2D eigenvalue weighted by Gasteiger charge is -2.18. The third-order valence-corrected chi connectivity index (χ3v) is 6.20. The van der Waals surface area contributed by atoms with Gasteiger partial charge >= 0.3 is 5.97 Å². The number of benzene rings is 2. The third kappa shape index (κ3) is 6.24. The Bertz CT molecular complexity index is 1510. The van der Waals surface area contributed by atoms with Gasteiger partial charge in [0.1, 0.15) is 11.3 Å². The molecule has 2 aromatic carbocycles. The maximum absolute atomic E-state index is 12.6. The fourth-order valence-corrected chi connectivity index (χ4v) is 4.28. The summed E-state index contributed by atoms with van der Waals surface area (Å²) in [5.74, 6) is -0.0699. The summed E-state index contributed by atoms with van der Waals surface area (Å²) >= 11 is 0. The van der Waals surface area contributed by atoms with Crippen LogP contribution >= 0.6 is 0 Å². The molecule has 4 rings (SSSR count). The molecular weight excluding hydrogens is 496 g/mol. The van der Waals surface area contributed by atoms with E-state index in [0.29, 0.717) is 22.8 Å². The monoisotopic (exact) mass is 528 g/mol. The molecule has 0 atom stereocenters. The molecule has 4 aromatic rings. The van der Waals surface area contributed by atoms with Crippen LogP contribution in [-0.4, -0.2) is 66.6 Å². The predicted molar refractivity (Wildman–Crippen MR) is 153 cm³/mol. The van der Waals surface area contributed by atoms with Gasteiger partial charge in [-0.3, -0.25) is 4.79 Å². The number of nitrogens with zero attached hydrogens (tertiary/aromatic N) is 3. The molecule has 202 valence electrons. The Morgan fingerprint density at radius 2 is 1.95 bits per heavy atom. The molecule has 3 N–H and O–H groups in total. The molecule has 0 saturated carbocycles. The summed E-state index contributed by atoms with van der Waals surface area (Å²) in [6.45, 7) is 4.46. The molecule has 2 heterocycles. The van der Waals surface area contributed by atoms with Gasteiger partial charge in [0, 0.05) is 34.5 Å². The Morgan fingerprint density at radius 3 is 2.67 bits per heavy atom. The quantitative estimate of drug-likeness (QED) is 0.188. The number of anilines is 3. The van der Waals surface area contributed by atoms with E-state index in [1.807, 2.05) is 44.4 Å². The maximum Gasteiger partial charge on any atom is 0.341 e. The number of rotatable bonds is 11. The maximum atomic E-state index is 12.6. The van der Waals surface area contributed by atoms with Crippen LogP contribution in [0.15, 0.2) is 61.4 Å². The van der Waals surface area contributed by atoms with Crippen molar-refractivity contribution < 1.29 is 19.1 Å². The molecule has 0 spiro atoms. The van der Waals surface area contributed by atoms with Crippen molar-refractivity contribution in [3.63, 3.8) is 0 Å². The molecular formula is C29H32N6O4. The number of hydrogen-bond acceptors (Lipinski definition) is 8. The fourth-order valence-electron chi connectivity index (χ4n) is 4.28. The van der Waals surface area contributed by atoms with Gasteiger partial charge in [0.25, 0.3) is 0 Å². The number of fused-ring (bicyclic) bond motifs is 1. The standard InChI is InChI=1S/C29H32N6O4/c1-6-26(36)32-23-15-24(25(38-4)14-18(23)10-9-13-35(2)3)33-29-31-17-21(28(37)39-5)27(34-29)20-16-30-22-12-8-7-11-19(20)22/h6-8,11-12,14-17,30H,1,9-10,13H2,2-5H3,(H,32,36)(H,31,33,34). The summed E-state index contributed by atoms with van der Waals surface area (Å²) in [5.41, 5.74) is 4.39. The Balaban J connectivity index is 1.76. The fraction of sp³-hybridized carbons (Fsp3) is 0.241. The zero-order valence-corrected chi connectivity index (χ0v) is 22.5. The van der Waals surface area contributed by atoms with E-state index in [9.17, 15) is 9.59 Å². The van der Waals surface area contributed by atoms with Crippen LogP contribution in [0.1, 0.15) is 22.3 Å². The highest BCUT2D eigenvalue weighted by Gasteiger charge is 2.20. The Morgan fingerprint density at radius 1 is 1.15 bits per heavy atom. The topological polar surface area (TPSA) is 121 Å². The number of nitrogens with one attached hydrogen (secondary N) is 3. The number of ether oxygens (including phenoxy) is 2. The van der Waals surface area contributed by atoms with Crippen molar-refractivity contribution in [2.45, 2.75) is 12.8 Å². The lowest BCUT2D eigenvalue weighted by molar-refractivity contribution is -0.111. The molecule has 10 heteroatoms. The first-order valence-electron chi connectivity index (χ1n) is 12.4. The number of carbonyl (C=O) groups is 2. The average molecular weight is 529 g/mol. The molecule has 2 aromatic heterocycles. The van der Waals surface area contributed by atoms with Crippen LogP contribution in [0.4, 0.5) is 17.3 Å². The zero-order valence-electron chi connectivity index (χ0n) is 22.5. The molecule has 0 unspecified atom stereocenters. The number of aryl methyl sites for hydroxylation is 1. The molecule has 1 amide bonds. The van der Waals surface area contributed by atoms with Crippen LogP contribution in [-0.2, 0) is 16.0 Å². The number of aromatic amines is 1. The second-order valence-electron chi connectivity index (χ2n) is 9.13. The Hall–Kier alpha value is -4.70. The first kappa shape index (κ1) is 27.3. The number of carbonyl (C=O) groups excluding carboxylic acids is 2. The van der Waals surface area contributed by atoms with Crippen LogP contribution in [0.5, 0.6) is 5.75 Å². The number of esters is 1. The largest absolute Gasteiger partial charge is 0.495 e. The van der Waals surface area contributed by atoms with Gasteiger partial charge in [0.05, 0.1) is 25.6 Å². The normalized spacial score (nSPS) is 10.9. The predicted octanol–water partition coefficient (Wildman–Crippen LogP) is 4.78. The SMILES string of the molecule is C=CC(=O)Nc1cc(Nc2ncc(C(=O)OC)c(-c3c[nH]c4ccccc34)n2)c(OC)cc1CCCN(C)C. The lowest BCUT2D eigenvalue weighted by Crippen LogP contribution is -2.15. The second kappa shape index (κ2) is 12.2. The second-order valence-corrected chi connectivity index (χ2v) is 9.13. The molecule has 0 fully saturated rings. The average Bonchev–Trinajstić information content (AvgIpc) is 3.37. The number of H-pyrrole nitrogens is 1. The first-order chi connectivity index (χ1) is 18.8. The van der Waals surface area contributed by atoms with Gasteiger partial charge in [-0.2, -0.15) is 0 Å². The minimum atomic E-state index is -0.545. The number of amides is 1. The molecule has 10 nitrogen and oxygen atoms in total. The van der Waals surface area contributed by atoms with E-state index in [4.69, 9.17) is 14.5 Å². The summed E-state index contributed by atoms with van der Waals surface area (Å²) < 4.78 is 10.7.